The molecule has 0 bridgehead atoms. The van der Waals surface area contributed by atoms with Gasteiger partial charge in [0.15, 0.2) is 0 Å². The molecule has 1 heteroatoms. The van der Waals surface area contributed by atoms with Crippen molar-refractivity contribution in [3.8, 4) is 0 Å². The van der Waals surface area contributed by atoms with Crippen molar-refractivity contribution in [2.75, 3.05) is 0 Å². The molecule has 0 aliphatic carbocycles. The second-order valence-electron chi connectivity index (χ2n) is 2.41. The van der Waals surface area contributed by atoms with E-state index in [4.69, 9.17) is 0 Å². The summed E-state index contributed by atoms with van der Waals surface area (Å²) >= 11 is 2.95. The summed E-state index contributed by atoms with van der Waals surface area (Å²) in [5, 5.41) is 0. The number of hydrogen-bond donors (Lipinski definition) is 0. The van der Waals surface area contributed by atoms with Crippen molar-refractivity contribution >= 4 is 0 Å². The first-order valence-corrected chi connectivity index (χ1v) is 5.16. The van der Waals surface area contributed by atoms with Gasteiger partial charge in [0.1, 0.15) is 0 Å². The quantitative estimate of drug-likeness (QED) is 0.656. The first kappa shape index (κ1) is 10.2. The number of hydrogen-bond acceptors (Lipinski definition) is 0. The third kappa shape index (κ3) is 9.23. The third-order valence-corrected chi connectivity index (χ3v) is 2.08. The number of rotatable bonds is 6. The van der Waals surface area contributed by atoms with Crippen LogP contribution in [0.5, 0.6) is 0 Å². The molecule has 0 atom stereocenters. The van der Waals surface area contributed by atoms with Crippen LogP contribution in [0.1, 0.15) is 45.4 Å². The second-order valence-corrected chi connectivity index (χ2v) is 3.30. The van der Waals surface area contributed by atoms with Crippen molar-refractivity contribution in [2.45, 2.75) is 48.1 Å². The Hall–Kier alpha value is 1.23. The van der Waals surface area contributed by atoms with E-state index in [1.54, 1.807) is 0 Å². The van der Waals surface area contributed by atoms with E-state index in [9.17, 15) is 0 Å². The van der Waals surface area contributed by atoms with Crippen LogP contribution in [0.4, 0.5) is 0 Å². The molecule has 0 radical (unpaired) electrons. The Morgan fingerprint density at radius 2 is 1.44 bits per heavy atom. The van der Waals surface area contributed by atoms with E-state index in [1.807, 2.05) is 0 Å². The molecule has 0 aliphatic rings. The van der Waals surface area contributed by atoms with Gasteiger partial charge in [0.2, 0.25) is 0 Å². The van der Waals surface area contributed by atoms with Crippen LogP contribution in [-0.4, -0.2) is 0 Å². The predicted molar refractivity (Wildman–Crippen MR) is 38.2 cm³/mol. The molecule has 0 N–H and O–H groups in total. The third-order valence-electron chi connectivity index (χ3n) is 1.45. The van der Waals surface area contributed by atoms with Crippen molar-refractivity contribution in [1.82, 2.24) is 0 Å². The van der Waals surface area contributed by atoms with E-state index >= 15 is 0 Å². The van der Waals surface area contributed by atoms with Crippen LogP contribution >= 0.6 is 0 Å². The molecule has 62 valence electrons. The van der Waals surface area contributed by atoms with Crippen molar-refractivity contribution in [1.29, 1.82) is 0 Å². The Balaban J connectivity index is 2.60. The first-order valence-electron chi connectivity index (χ1n) is 3.90. The summed E-state index contributed by atoms with van der Waals surface area (Å²) in [5.41, 5.74) is 0. The van der Waals surface area contributed by atoms with E-state index in [-0.39, 0.29) is 0 Å². The molecule has 0 aromatic rings. The van der Waals surface area contributed by atoms with Gasteiger partial charge in [-0.25, -0.2) is 0 Å². The fourth-order valence-electron chi connectivity index (χ4n) is 0.850. The van der Waals surface area contributed by atoms with Gasteiger partial charge >= 0.3 is 83.0 Å². The normalized spacial score (nSPS) is 10.1. The predicted octanol–water partition coefficient (Wildman–Crippen LogP) is 3.31. The standard InChI is InChI=1S/C8H17.Tm/c1-3-5-7-8-6-4-2;/h1,3-8H2,2H3;. The molecule has 0 aromatic carbocycles. The molecule has 0 unspecified atom stereocenters. The van der Waals surface area contributed by atoms with Crippen LogP contribution in [0.15, 0.2) is 0 Å². The summed E-state index contributed by atoms with van der Waals surface area (Å²) in [5.74, 6) is 0. The minimum absolute atomic E-state index is 1.26. The molecule has 0 heterocycles. The van der Waals surface area contributed by atoms with E-state index in [0.717, 1.165) is 0 Å². The molecule has 0 saturated carbocycles. The minimum atomic E-state index is 1.26. The van der Waals surface area contributed by atoms with Gasteiger partial charge in [-0.3, -0.25) is 0 Å². The van der Waals surface area contributed by atoms with Crippen molar-refractivity contribution in [3.05, 3.63) is 0 Å². The van der Waals surface area contributed by atoms with E-state index in [2.05, 4.69) is 41.9 Å². The molecule has 0 saturated heterocycles. The van der Waals surface area contributed by atoms with Gasteiger partial charge in [0.25, 0.3) is 0 Å². The van der Waals surface area contributed by atoms with Gasteiger partial charge in [0.05, 0.1) is 0 Å². The fourth-order valence-corrected chi connectivity index (χ4v) is 1.29. The molecule has 0 amide bonds. The average molecular weight is 282 g/mol. The monoisotopic (exact) mass is 282 g/mol. The van der Waals surface area contributed by atoms with Gasteiger partial charge in [-0.1, -0.05) is 0 Å². The Morgan fingerprint density at radius 3 is 2.00 bits per heavy atom. The molecular formula is C8H17Tm. The van der Waals surface area contributed by atoms with Crippen LogP contribution in [0.3, 0.4) is 0 Å². The molecule has 0 spiro atoms. The number of unbranched alkanes of at least 4 members (excludes halogenated alkanes) is 5. The van der Waals surface area contributed by atoms with Crippen LogP contribution < -0.4 is 0 Å². The fraction of sp³-hybridized carbons (Fsp3) is 1.00. The van der Waals surface area contributed by atoms with Crippen LogP contribution in [0.2, 0.25) is 2.64 Å². The SMILES string of the molecule is CCCCCCC[CH2][Tm]. The molecule has 0 aromatic heterocycles. The summed E-state index contributed by atoms with van der Waals surface area (Å²) in [6.07, 6.45) is 8.48. The van der Waals surface area contributed by atoms with Crippen molar-refractivity contribution < 1.29 is 35.0 Å². The van der Waals surface area contributed by atoms with Gasteiger partial charge in [-0.05, 0) is 0 Å². The van der Waals surface area contributed by atoms with Gasteiger partial charge in [-0.2, -0.15) is 0 Å². The Labute approximate surface area is 82.4 Å². The maximum atomic E-state index is 2.95. The zero-order valence-electron chi connectivity index (χ0n) is 6.23. The van der Waals surface area contributed by atoms with Gasteiger partial charge in [0, 0.05) is 0 Å². The molecule has 9 heavy (non-hydrogen) atoms. The summed E-state index contributed by atoms with van der Waals surface area (Å²) in [6, 6.07) is 0. The Kier molecular flexibility index (Phi) is 10.5. The molecule has 0 aliphatic heterocycles. The zero-order chi connectivity index (χ0) is 6.95. The molecule has 0 fully saturated rings. The molecule has 0 rings (SSSR count). The zero-order valence-corrected chi connectivity index (χ0v) is 8.01. The van der Waals surface area contributed by atoms with E-state index in [1.165, 1.54) is 41.2 Å². The van der Waals surface area contributed by atoms with Gasteiger partial charge < -0.3 is 0 Å². The van der Waals surface area contributed by atoms with Crippen LogP contribution in [0, 0.1) is 35.0 Å². The molecule has 0 nitrogen and oxygen atoms in total. The second kappa shape index (κ2) is 9.23. The van der Waals surface area contributed by atoms with Crippen LogP contribution in [-0.2, 0) is 0 Å². The van der Waals surface area contributed by atoms with Gasteiger partial charge in [-0.15, -0.1) is 0 Å². The topological polar surface area (TPSA) is 0 Å². The maximum absolute atomic E-state index is 2.95. The van der Waals surface area contributed by atoms with E-state index in [0.29, 0.717) is 0 Å². The van der Waals surface area contributed by atoms with E-state index < -0.39 is 0 Å². The summed E-state index contributed by atoms with van der Waals surface area (Å²) in [7, 11) is 0. The molecular weight excluding hydrogens is 265 g/mol. The van der Waals surface area contributed by atoms with Crippen molar-refractivity contribution in [3.63, 3.8) is 0 Å². The summed E-state index contributed by atoms with van der Waals surface area (Å²) < 4.78 is 1.26. The summed E-state index contributed by atoms with van der Waals surface area (Å²) in [4.78, 5) is 0. The summed E-state index contributed by atoms with van der Waals surface area (Å²) in [6.45, 7) is 2.26. The Morgan fingerprint density at radius 1 is 0.889 bits per heavy atom. The Bertz CT molecular complexity index is 37.8. The average Bonchev–Trinajstić information content (AvgIpc) is 1.89. The van der Waals surface area contributed by atoms with Crippen molar-refractivity contribution in [2.24, 2.45) is 0 Å². The van der Waals surface area contributed by atoms with Crippen LogP contribution in [0.25, 0.3) is 0 Å². The first-order chi connectivity index (χ1) is 4.41.